The first-order valence-electron chi connectivity index (χ1n) is 8.09. The van der Waals surface area contributed by atoms with E-state index in [1.165, 1.54) is 11.9 Å². The molecule has 0 spiro atoms. The molecule has 8 heteroatoms. The summed E-state index contributed by atoms with van der Waals surface area (Å²) in [6.07, 6.45) is 2.34. The number of carbonyl (C=O) groups excluding carboxylic acids is 1. The molecule has 2 N–H and O–H groups in total. The Morgan fingerprint density at radius 2 is 2.12 bits per heavy atom. The van der Waals surface area contributed by atoms with Crippen LogP contribution in [-0.2, 0) is 0 Å². The van der Waals surface area contributed by atoms with Gasteiger partial charge in [0.15, 0.2) is 5.69 Å². The third kappa shape index (κ3) is 4.46. The first-order valence-corrected chi connectivity index (χ1v) is 8.47. The molecular weight excluding hydrogens is 328 g/mol. The van der Waals surface area contributed by atoms with Gasteiger partial charge in [0.1, 0.15) is 0 Å². The molecule has 1 aromatic heterocycles. The van der Waals surface area contributed by atoms with Crippen molar-refractivity contribution < 1.29 is 4.79 Å². The lowest BCUT2D eigenvalue weighted by atomic mass is 10.2. The SMILES string of the molecule is O=C(NCCCN1CCN(c2cccc(Cl)c2)CC1)c1cn[nH]n1. The Morgan fingerprint density at radius 1 is 1.29 bits per heavy atom. The second-order valence-electron chi connectivity index (χ2n) is 5.77. The fourth-order valence-electron chi connectivity index (χ4n) is 2.81. The maximum Gasteiger partial charge on any atom is 0.273 e. The van der Waals surface area contributed by atoms with Crippen LogP contribution < -0.4 is 10.2 Å². The fourth-order valence-corrected chi connectivity index (χ4v) is 2.99. The second kappa shape index (κ2) is 8.12. The molecule has 1 aliphatic heterocycles. The zero-order chi connectivity index (χ0) is 16.8. The number of nitrogens with zero attached hydrogens (tertiary/aromatic N) is 4. The lowest BCUT2D eigenvalue weighted by Gasteiger charge is -2.36. The molecule has 0 aliphatic carbocycles. The molecule has 1 aromatic carbocycles. The Bertz CT molecular complexity index is 654. The highest BCUT2D eigenvalue weighted by atomic mass is 35.5. The maximum atomic E-state index is 11.7. The van der Waals surface area contributed by atoms with Crippen molar-refractivity contribution in [3.8, 4) is 0 Å². The summed E-state index contributed by atoms with van der Waals surface area (Å²) in [7, 11) is 0. The summed E-state index contributed by atoms with van der Waals surface area (Å²) in [6, 6.07) is 7.99. The molecule has 1 amide bonds. The van der Waals surface area contributed by atoms with Crippen molar-refractivity contribution in [2.45, 2.75) is 6.42 Å². The van der Waals surface area contributed by atoms with E-state index in [0.29, 0.717) is 12.2 Å². The molecule has 1 saturated heterocycles. The van der Waals surface area contributed by atoms with Gasteiger partial charge in [-0.1, -0.05) is 17.7 Å². The number of carbonyl (C=O) groups is 1. The summed E-state index contributed by atoms with van der Waals surface area (Å²) in [5, 5.41) is 13.4. The van der Waals surface area contributed by atoms with Crippen LogP contribution in [0.5, 0.6) is 0 Å². The van der Waals surface area contributed by atoms with Crippen LogP contribution in [0.2, 0.25) is 5.02 Å². The van der Waals surface area contributed by atoms with Gasteiger partial charge in [0.05, 0.1) is 6.20 Å². The predicted octanol–water partition coefficient (Wildman–Crippen LogP) is 1.40. The van der Waals surface area contributed by atoms with E-state index in [1.807, 2.05) is 18.2 Å². The Labute approximate surface area is 146 Å². The van der Waals surface area contributed by atoms with E-state index < -0.39 is 0 Å². The molecule has 0 saturated carbocycles. The number of aromatic amines is 1. The van der Waals surface area contributed by atoms with Crippen LogP contribution in [0, 0.1) is 0 Å². The van der Waals surface area contributed by atoms with Gasteiger partial charge in [0.25, 0.3) is 5.91 Å². The van der Waals surface area contributed by atoms with Gasteiger partial charge < -0.3 is 10.2 Å². The summed E-state index contributed by atoms with van der Waals surface area (Å²) < 4.78 is 0. The van der Waals surface area contributed by atoms with Gasteiger partial charge in [-0.15, -0.1) is 0 Å². The van der Waals surface area contributed by atoms with Crippen LogP contribution in [0.4, 0.5) is 5.69 Å². The molecule has 1 fully saturated rings. The van der Waals surface area contributed by atoms with Gasteiger partial charge in [-0.2, -0.15) is 15.4 Å². The van der Waals surface area contributed by atoms with Crippen molar-refractivity contribution in [2.24, 2.45) is 0 Å². The molecular formula is C16H21ClN6O. The van der Waals surface area contributed by atoms with E-state index in [9.17, 15) is 4.79 Å². The highest BCUT2D eigenvalue weighted by Gasteiger charge is 2.17. The Balaban J connectivity index is 1.35. The lowest BCUT2D eigenvalue weighted by Crippen LogP contribution is -2.47. The number of benzene rings is 1. The molecule has 0 bridgehead atoms. The predicted molar refractivity (Wildman–Crippen MR) is 93.4 cm³/mol. The zero-order valence-corrected chi connectivity index (χ0v) is 14.2. The van der Waals surface area contributed by atoms with Gasteiger partial charge >= 0.3 is 0 Å². The largest absolute Gasteiger partial charge is 0.369 e. The zero-order valence-electron chi connectivity index (χ0n) is 13.4. The molecule has 24 heavy (non-hydrogen) atoms. The highest BCUT2D eigenvalue weighted by molar-refractivity contribution is 6.30. The Kier molecular flexibility index (Phi) is 5.66. The van der Waals surface area contributed by atoms with Crippen LogP contribution >= 0.6 is 11.6 Å². The van der Waals surface area contributed by atoms with Crippen molar-refractivity contribution >= 4 is 23.2 Å². The number of halogens is 1. The minimum atomic E-state index is -0.186. The van der Waals surface area contributed by atoms with Crippen molar-refractivity contribution in [1.82, 2.24) is 25.6 Å². The normalized spacial score (nSPS) is 15.5. The molecule has 7 nitrogen and oxygen atoms in total. The lowest BCUT2D eigenvalue weighted by molar-refractivity contribution is 0.0946. The van der Waals surface area contributed by atoms with Crippen LogP contribution in [0.1, 0.15) is 16.9 Å². The van der Waals surface area contributed by atoms with Crippen molar-refractivity contribution in [2.75, 3.05) is 44.2 Å². The Hall–Kier alpha value is -2.12. The number of anilines is 1. The minimum absolute atomic E-state index is 0.186. The van der Waals surface area contributed by atoms with Crippen molar-refractivity contribution in [3.05, 3.63) is 41.2 Å². The molecule has 0 radical (unpaired) electrons. The third-order valence-electron chi connectivity index (χ3n) is 4.13. The summed E-state index contributed by atoms with van der Waals surface area (Å²) in [5.74, 6) is -0.186. The first kappa shape index (κ1) is 16.7. The van der Waals surface area contributed by atoms with Crippen molar-refractivity contribution in [1.29, 1.82) is 0 Å². The molecule has 0 unspecified atom stereocenters. The monoisotopic (exact) mass is 348 g/mol. The maximum absolute atomic E-state index is 11.7. The van der Waals surface area contributed by atoms with E-state index in [-0.39, 0.29) is 5.91 Å². The van der Waals surface area contributed by atoms with E-state index in [1.54, 1.807) is 0 Å². The number of rotatable bonds is 6. The van der Waals surface area contributed by atoms with Crippen molar-refractivity contribution in [3.63, 3.8) is 0 Å². The number of piperazine rings is 1. The van der Waals surface area contributed by atoms with Crippen LogP contribution in [0.25, 0.3) is 0 Å². The average Bonchev–Trinajstić information content (AvgIpc) is 3.14. The fraction of sp³-hybridized carbons (Fsp3) is 0.438. The molecule has 2 heterocycles. The van der Waals surface area contributed by atoms with E-state index in [4.69, 9.17) is 11.6 Å². The van der Waals surface area contributed by atoms with Crippen LogP contribution in [-0.4, -0.2) is 65.5 Å². The summed E-state index contributed by atoms with van der Waals surface area (Å²) in [6.45, 7) is 5.63. The van der Waals surface area contributed by atoms with Crippen LogP contribution in [0.15, 0.2) is 30.5 Å². The van der Waals surface area contributed by atoms with Gasteiger partial charge in [0, 0.05) is 43.4 Å². The molecule has 3 rings (SSSR count). The minimum Gasteiger partial charge on any atom is -0.369 e. The summed E-state index contributed by atoms with van der Waals surface area (Å²) in [5.41, 5.74) is 1.51. The number of nitrogens with one attached hydrogen (secondary N) is 2. The standard InChI is InChI=1S/C16H21ClN6O/c17-13-3-1-4-14(11-13)23-9-7-22(8-10-23)6-2-5-18-16(24)15-12-19-21-20-15/h1,3-4,11-12H,2,5-10H2,(H,18,24)(H,19,20,21). The second-order valence-corrected chi connectivity index (χ2v) is 6.21. The molecule has 0 atom stereocenters. The number of hydrogen-bond acceptors (Lipinski definition) is 5. The van der Waals surface area contributed by atoms with Gasteiger partial charge in [-0.05, 0) is 31.2 Å². The number of amides is 1. The summed E-state index contributed by atoms with van der Waals surface area (Å²) >= 11 is 6.06. The quantitative estimate of drug-likeness (QED) is 0.772. The third-order valence-corrected chi connectivity index (χ3v) is 4.37. The smallest absolute Gasteiger partial charge is 0.273 e. The topological polar surface area (TPSA) is 77.2 Å². The van der Waals surface area contributed by atoms with Crippen LogP contribution in [0.3, 0.4) is 0 Å². The van der Waals surface area contributed by atoms with Gasteiger partial charge in [0.2, 0.25) is 0 Å². The van der Waals surface area contributed by atoms with Gasteiger partial charge in [-0.3, -0.25) is 9.69 Å². The molecule has 1 aliphatic rings. The molecule has 128 valence electrons. The molecule has 2 aromatic rings. The Morgan fingerprint density at radius 3 is 2.83 bits per heavy atom. The highest BCUT2D eigenvalue weighted by Crippen LogP contribution is 2.20. The number of hydrogen-bond donors (Lipinski definition) is 2. The van der Waals surface area contributed by atoms with E-state index in [2.05, 4.69) is 36.6 Å². The number of H-pyrrole nitrogens is 1. The average molecular weight is 349 g/mol. The summed E-state index contributed by atoms with van der Waals surface area (Å²) in [4.78, 5) is 16.5. The first-order chi connectivity index (χ1) is 11.7. The van der Waals surface area contributed by atoms with E-state index >= 15 is 0 Å². The number of aromatic nitrogens is 3. The van der Waals surface area contributed by atoms with E-state index in [0.717, 1.165) is 44.2 Å². The van der Waals surface area contributed by atoms with Gasteiger partial charge in [-0.25, -0.2) is 0 Å².